The molecule has 0 saturated carbocycles. The second-order valence-corrected chi connectivity index (χ2v) is 5.13. The van der Waals surface area contributed by atoms with Gasteiger partial charge in [-0.1, -0.05) is 42.5 Å². The number of carbonyl (C=O) groups excluding carboxylic acids is 2. The van der Waals surface area contributed by atoms with E-state index in [0.29, 0.717) is 11.1 Å². The van der Waals surface area contributed by atoms with Crippen LogP contribution in [0.3, 0.4) is 0 Å². The zero-order chi connectivity index (χ0) is 17.8. The molecule has 0 spiro atoms. The fourth-order valence-electron chi connectivity index (χ4n) is 2.35. The quantitative estimate of drug-likeness (QED) is 0.620. The lowest BCUT2D eigenvalue weighted by molar-refractivity contribution is 0.0686. The average molecular weight is 335 g/mol. The van der Waals surface area contributed by atoms with Gasteiger partial charge in [0.2, 0.25) is 0 Å². The van der Waals surface area contributed by atoms with Crippen molar-refractivity contribution in [2.24, 2.45) is 0 Å². The molecule has 0 radical (unpaired) electrons. The number of hydrogen-bond donors (Lipinski definition) is 3. The van der Waals surface area contributed by atoms with Gasteiger partial charge in [0.1, 0.15) is 0 Å². The molecule has 1 amide bonds. The van der Waals surface area contributed by atoms with Crippen molar-refractivity contribution < 1.29 is 19.5 Å². The molecule has 124 valence electrons. The third-order valence-corrected chi connectivity index (χ3v) is 3.52. The van der Waals surface area contributed by atoms with Crippen LogP contribution < -0.4 is 5.32 Å². The molecule has 7 nitrogen and oxygen atoms in total. The Kier molecular flexibility index (Phi) is 4.38. The summed E-state index contributed by atoms with van der Waals surface area (Å²) in [5.74, 6) is -2.26. The van der Waals surface area contributed by atoms with Gasteiger partial charge in [0.15, 0.2) is 17.2 Å². The number of amides is 1. The number of aromatic nitrogens is 2. The maximum absolute atomic E-state index is 12.6. The number of ketones is 1. The summed E-state index contributed by atoms with van der Waals surface area (Å²) in [4.78, 5) is 42.2. The molecule has 0 bridgehead atoms. The standard InChI is InChI=1S/C18H13N3O4/c22-16(11-6-2-1-3-7-11)12-8-4-5-9-13(12)21-17(23)14-15(18(24)25)20-10-19-14/h1-10H,(H,19,20)(H,21,23)(H,24,25). The maximum atomic E-state index is 12.6. The Bertz CT molecular complexity index is 948. The number of rotatable bonds is 5. The van der Waals surface area contributed by atoms with E-state index in [9.17, 15) is 14.4 Å². The summed E-state index contributed by atoms with van der Waals surface area (Å²) in [6.07, 6.45) is 1.12. The molecule has 3 N–H and O–H groups in total. The summed E-state index contributed by atoms with van der Waals surface area (Å²) >= 11 is 0. The van der Waals surface area contributed by atoms with Crippen molar-refractivity contribution in [2.45, 2.75) is 0 Å². The number of H-pyrrole nitrogens is 1. The number of benzene rings is 2. The molecule has 0 unspecified atom stereocenters. The van der Waals surface area contributed by atoms with E-state index in [1.54, 1.807) is 54.6 Å². The first-order valence-electron chi connectivity index (χ1n) is 7.34. The van der Waals surface area contributed by atoms with Gasteiger partial charge >= 0.3 is 5.97 Å². The van der Waals surface area contributed by atoms with Gasteiger partial charge in [-0.25, -0.2) is 9.78 Å². The van der Waals surface area contributed by atoms with Crippen molar-refractivity contribution in [3.8, 4) is 0 Å². The predicted molar refractivity (Wildman–Crippen MR) is 89.8 cm³/mol. The largest absolute Gasteiger partial charge is 0.477 e. The number of anilines is 1. The Hall–Kier alpha value is -3.74. The SMILES string of the molecule is O=C(c1ccccc1)c1ccccc1NC(=O)c1nc[nH]c1C(=O)O. The molecule has 0 aliphatic carbocycles. The normalized spacial score (nSPS) is 10.2. The van der Waals surface area contributed by atoms with E-state index in [-0.39, 0.29) is 22.9 Å². The molecule has 1 aromatic heterocycles. The van der Waals surface area contributed by atoms with Gasteiger partial charge in [-0.2, -0.15) is 0 Å². The molecule has 25 heavy (non-hydrogen) atoms. The van der Waals surface area contributed by atoms with E-state index >= 15 is 0 Å². The number of imidazole rings is 1. The predicted octanol–water partition coefficient (Wildman–Crippen LogP) is 2.59. The van der Waals surface area contributed by atoms with Crippen LogP contribution in [0.4, 0.5) is 5.69 Å². The smallest absolute Gasteiger partial charge is 0.354 e. The summed E-state index contributed by atoms with van der Waals surface area (Å²) in [6, 6.07) is 15.2. The highest BCUT2D eigenvalue weighted by Crippen LogP contribution is 2.20. The Balaban J connectivity index is 1.91. The van der Waals surface area contributed by atoms with E-state index in [1.165, 1.54) is 0 Å². The van der Waals surface area contributed by atoms with Crippen LogP contribution in [-0.2, 0) is 0 Å². The van der Waals surface area contributed by atoms with Crippen LogP contribution in [-0.4, -0.2) is 32.7 Å². The average Bonchev–Trinajstić information content (AvgIpc) is 3.12. The molecule has 1 heterocycles. The zero-order valence-corrected chi connectivity index (χ0v) is 12.9. The minimum atomic E-state index is -1.30. The molecule has 2 aromatic carbocycles. The first-order chi connectivity index (χ1) is 12.1. The lowest BCUT2D eigenvalue weighted by atomic mass is 10.0. The van der Waals surface area contributed by atoms with Crippen molar-refractivity contribution in [3.63, 3.8) is 0 Å². The van der Waals surface area contributed by atoms with Gasteiger partial charge < -0.3 is 15.4 Å². The summed E-state index contributed by atoms with van der Waals surface area (Å²) in [5, 5.41) is 11.6. The van der Waals surface area contributed by atoms with Crippen LogP contribution in [0, 0.1) is 0 Å². The number of carbonyl (C=O) groups is 3. The highest BCUT2D eigenvalue weighted by Gasteiger charge is 2.21. The molecular weight excluding hydrogens is 322 g/mol. The molecule has 7 heteroatoms. The molecule has 0 aliphatic rings. The summed E-state index contributed by atoms with van der Waals surface area (Å²) in [5.41, 5.74) is 0.490. The third kappa shape index (κ3) is 3.30. The highest BCUT2D eigenvalue weighted by molar-refractivity contribution is 6.16. The van der Waals surface area contributed by atoms with Gasteiger partial charge in [0.05, 0.1) is 12.0 Å². The Morgan fingerprint density at radius 3 is 2.36 bits per heavy atom. The van der Waals surface area contributed by atoms with Crippen molar-refractivity contribution in [1.82, 2.24) is 9.97 Å². The van der Waals surface area contributed by atoms with Gasteiger partial charge in [0, 0.05) is 11.1 Å². The molecule has 0 atom stereocenters. The molecular formula is C18H13N3O4. The number of nitrogens with zero attached hydrogens (tertiary/aromatic N) is 1. The Morgan fingerprint density at radius 2 is 1.64 bits per heavy atom. The van der Waals surface area contributed by atoms with E-state index in [2.05, 4.69) is 15.3 Å². The van der Waals surface area contributed by atoms with Gasteiger partial charge in [-0.15, -0.1) is 0 Å². The number of aromatic carboxylic acids is 1. The molecule has 0 aliphatic heterocycles. The minimum Gasteiger partial charge on any atom is -0.477 e. The number of carboxylic acids is 1. The lowest BCUT2D eigenvalue weighted by Crippen LogP contribution is -2.18. The second-order valence-electron chi connectivity index (χ2n) is 5.13. The monoisotopic (exact) mass is 335 g/mol. The first kappa shape index (κ1) is 16.1. The van der Waals surface area contributed by atoms with E-state index < -0.39 is 11.9 Å². The van der Waals surface area contributed by atoms with Crippen molar-refractivity contribution in [2.75, 3.05) is 5.32 Å². The molecule has 0 saturated heterocycles. The summed E-state index contributed by atoms with van der Waals surface area (Å²) < 4.78 is 0. The maximum Gasteiger partial charge on any atom is 0.354 e. The van der Waals surface area contributed by atoms with E-state index in [4.69, 9.17) is 5.11 Å². The molecule has 3 aromatic rings. The summed E-state index contributed by atoms with van der Waals surface area (Å²) in [7, 11) is 0. The highest BCUT2D eigenvalue weighted by atomic mass is 16.4. The van der Waals surface area contributed by atoms with Crippen LogP contribution >= 0.6 is 0 Å². The first-order valence-corrected chi connectivity index (χ1v) is 7.34. The number of hydrogen-bond acceptors (Lipinski definition) is 4. The van der Waals surface area contributed by atoms with Gasteiger partial charge in [0.25, 0.3) is 5.91 Å². The number of aromatic amines is 1. The van der Waals surface area contributed by atoms with Crippen molar-refractivity contribution >= 4 is 23.3 Å². The van der Waals surface area contributed by atoms with Crippen LogP contribution in [0.5, 0.6) is 0 Å². The second kappa shape index (κ2) is 6.79. The summed E-state index contributed by atoms with van der Waals surface area (Å²) in [6.45, 7) is 0. The third-order valence-electron chi connectivity index (χ3n) is 3.52. The van der Waals surface area contributed by atoms with Crippen LogP contribution in [0.15, 0.2) is 60.9 Å². The number of para-hydroxylation sites is 1. The van der Waals surface area contributed by atoms with Crippen molar-refractivity contribution in [1.29, 1.82) is 0 Å². The zero-order valence-electron chi connectivity index (χ0n) is 12.9. The van der Waals surface area contributed by atoms with Gasteiger partial charge in [-0.05, 0) is 12.1 Å². The van der Waals surface area contributed by atoms with Crippen LogP contribution in [0.2, 0.25) is 0 Å². The van der Waals surface area contributed by atoms with Crippen molar-refractivity contribution in [3.05, 3.63) is 83.4 Å². The van der Waals surface area contributed by atoms with Crippen LogP contribution in [0.25, 0.3) is 0 Å². The fourth-order valence-corrected chi connectivity index (χ4v) is 2.35. The van der Waals surface area contributed by atoms with Crippen LogP contribution in [0.1, 0.15) is 36.9 Å². The Labute approximate surface area is 142 Å². The fraction of sp³-hybridized carbons (Fsp3) is 0. The Morgan fingerprint density at radius 1 is 0.960 bits per heavy atom. The van der Waals surface area contributed by atoms with E-state index in [0.717, 1.165) is 6.33 Å². The lowest BCUT2D eigenvalue weighted by Gasteiger charge is -2.10. The number of carboxylic acid groups (broad SMARTS) is 1. The minimum absolute atomic E-state index is 0.253. The topological polar surface area (TPSA) is 112 Å². The molecule has 3 rings (SSSR count). The number of nitrogens with one attached hydrogen (secondary N) is 2. The van der Waals surface area contributed by atoms with E-state index in [1.807, 2.05) is 0 Å². The van der Waals surface area contributed by atoms with Gasteiger partial charge in [-0.3, -0.25) is 9.59 Å². The molecule has 0 fully saturated rings.